The van der Waals surface area contributed by atoms with Crippen LogP contribution in [0.2, 0.25) is 0 Å². The zero-order valence-corrected chi connectivity index (χ0v) is 17.8. The fourth-order valence-corrected chi connectivity index (χ4v) is 5.78. The molecule has 30 heavy (non-hydrogen) atoms. The van der Waals surface area contributed by atoms with Crippen LogP contribution in [0.1, 0.15) is 35.1 Å². The molecule has 5 rings (SSSR count). The number of fused-ring (bicyclic) bond motifs is 4. The second-order valence-electron chi connectivity index (χ2n) is 8.11. The number of ether oxygens (including phenoxy) is 1. The molecule has 3 aliphatic rings. The van der Waals surface area contributed by atoms with Crippen LogP contribution in [0.3, 0.4) is 0 Å². The van der Waals surface area contributed by atoms with E-state index in [2.05, 4.69) is 26.2 Å². The van der Waals surface area contributed by atoms with Crippen molar-refractivity contribution in [3.05, 3.63) is 34.5 Å². The van der Waals surface area contributed by atoms with Crippen LogP contribution in [0.4, 0.5) is 10.5 Å². The lowest BCUT2D eigenvalue weighted by Gasteiger charge is -2.24. The molecule has 2 unspecified atom stereocenters. The fraction of sp³-hybridized carbons (Fsp3) is 0.500. The molecule has 0 spiro atoms. The van der Waals surface area contributed by atoms with Crippen LogP contribution in [-0.2, 0) is 42.1 Å². The number of rotatable bonds is 3. The van der Waals surface area contributed by atoms with Crippen molar-refractivity contribution in [3.8, 4) is 5.88 Å². The Morgan fingerprint density at radius 3 is 2.87 bits per heavy atom. The summed E-state index contributed by atoms with van der Waals surface area (Å²) < 4.78 is 24.2. The van der Waals surface area contributed by atoms with Crippen molar-refractivity contribution in [1.82, 2.24) is 15.1 Å². The minimum Gasteiger partial charge on any atom is -0.475 e. The highest BCUT2D eigenvalue weighted by Crippen LogP contribution is 2.38. The SMILES string of the molecule is CNC1COc2c(S(N)(=O)=NC(=O)Nc3cc4c(c5c3CCC5)CCC4)cnn2C1. The average Bonchev–Trinajstić information content (AvgIpc) is 3.44. The minimum absolute atomic E-state index is 0.0983. The van der Waals surface area contributed by atoms with E-state index in [9.17, 15) is 9.00 Å². The molecule has 1 aliphatic heterocycles. The van der Waals surface area contributed by atoms with Gasteiger partial charge in [-0.15, -0.1) is 4.36 Å². The van der Waals surface area contributed by atoms with Gasteiger partial charge in [-0.2, -0.15) is 5.10 Å². The maximum absolute atomic E-state index is 13.1. The number of carbonyl (C=O) groups excluding carboxylic acids is 1. The first-order valence-electron chi connectivity index (χ1n) is 10.3. The molecular formula is C20H26N6O3S. The number of aromatic nitrogens is 2. The topological polar surface area (TPSA) is 124 Å². The van der Waals surface area contributed by atoms with Crippen LogP contribution in [0.25, 0.3) is 0 Å². The molecule has 0 saturated carbocycles. The van der Waals surface area contributed by atoms with Gasteiger partial charge in [0.25, 0.3) is 0 Å². The van der Waals surface area contributed by atoms with Gasteiger partial charge in [0, 0.05) is 5.69 Å². The van der Waals surface area contributed by atoms with Crippen molar-refractivity contribution in [3.63, 3.8) is 0 Å². The first kappa shape index (κ1) is 19.5. The third kappa shape index (κ3) is 3.28. The van der Waals surface area contributed by atoms with E-state index in [0.717, 1.165) is 44.2 Å². The number of nitrogens with two attached hydrogens (primary N) is 1. The Hall–Kier alpha value is -2.43. The molecule has 10 heteroatoms. The molecule has 2 heterocycles. The van der Waals surface area contributed by atoms with Gasteiger partial charge in [-0.3, -0.25) is 0 Å². The Kier molecular flexibility index (Phi) is 4.79. The normalized spacial score (nSPS) is 21.2. The Labute approximate surface area is 175 Å². The molecule has 4 N–H and O–H groups in total. The lowest BCUT2D eigenvalue weighted by atomic mass is 9.98. The van der Waals surface area contributed by atoms with E-state index in [0.29, 0.717) is 19.0 Å². The monoisotopic (exact) mass is 430 g/mol. The summed E-state index contributed by atoms with van der Waals surface area (Å²) in [5.74, 6) is 0.309. The molecule has 2 aliphatic carbocycles. The maximum atomic E-state index is 13.1. The molecule has 2 aromatic rings. The number of hydrogen-bond donors (Lipinski definition) is 3. The van der Waals surface area contributed by atoms with Crippen molar-refractivity contribution < 1.29 is 13.7 Å². The van der Waals surface area contributed by atoms with E-state index >= 15 is 0 Å². The van der Waals surface area contributed by atoms with Gasteiger partial charge < -0.3 is 15.4 Å². The van der Waals surface area contributed by atoms with Gasteiger partial charge in [0.1, 0.15) is 11.5 Å². The largest absolute Gasteiger partial charge is 0.475 e. The standard InChI is InChI=1S/C20H26N6O3S/c1-22-13-10-26-19(29-11-13)18(9-23-26)30(21,28)25-20(27)24-17-8-12-4-2-5-14(12)15-6-3-7-16(15)17/h8-9,13,22H,2-7,10-11H2,1H3,(H3,21,24,25,27,28). The molecule has 0 fully saturated rings. The number of anilines is 1. The predicted molar refractivity (Wildman–Crippen MR) is 113 cm³/mol. The molecule has 2 atom stereocenters. The van der Waals surface area contributed by atoms with Gasteiger partial charge in [-0.1, -0.05) is 0 Å². The summed E-state index contributed by atoms with van der Waals surface area (Å²) in [4.78, 5) is 12.8. The van der Waals surface area contributed by atoms with Crippen molar-refractivity contribution in [2.24, 2.45) is 9.50 Å². The summed E-state index contributed by atoms with van der Waals surface area (Å²) in [6.07, 6.45) is 7.76. The van der Waals surface area contributed by atoms with E-state index in [1.807, 2.05) is 7.05 Å². The van der Waals surface area contributed by atoms with Crippen LogP contribution < -0.4 is 20.5 Å². The van der Waals surface area contributed by atoms with Gasteiger partial charge in [-0.05, 0) is 73.9 Å². The molecule has 2 amide bonds. The third-order valence-electron chi connectivity index (χ3n) is 6.24. The highest BCUT2D eigenvalue weighted by atomic mass is 32.2. The Bertz CT molecular complexity index is 1150. The molecule has 1 aromatic heterocycles. The maximum Gasteiger partial charge on any atom is 0.354 e. The number of hydrogen-bond acceptors (Lipinski definition) is 5. The molecule has 1 aromatic carbocycles. The number of urea groups is 1. The van der Waals surface area contributed by atoms with E-state index in [-0.39, 0.29) is 10.9 Å². The van der Waals surface area contributed by atoms with Crippen LogP contribution >= 0.6 is 0 Å². The van der Waals surface area contributed by atoms with Crippen LogP contribution in [0.15, 0.2) is 21.5 Å². The number of nitrogens with zero attached hydrogens (tertiary/aromatic N) is 3. The lowest BCUT2D eigenvalue weighted by Crippen LogP contribution is -2.40. The zero-order valence-electron chi connectivity index (χ0n) is 16.9. The Balaban J connectivity index is 1.43. The summed E-state index contributed by atoms with van der Waals surface area (Å²) >= 11 is 0. The molecule has 9 nitrogen and oxygen atoms in total. The highest BCUT2D eigenvalue weighted by Gasteiger charge is 2.28. The van der Waals surface area contributed by atoms with Crippen LogP contribution in [0.5, 0.6) is 5.88 Å². The quantitative estimate of drug-likeness (QED) is 0.685. The van der Waals surface area contributed by atoms with Gasteiger partial charge >= 0.3 is 6.03 Å². The highest BCUT2D eigenvalue weighted by molar-refractivity contribution is 7.91. The minimum atomic E-state index is -3.49. The van der Waals surface area contributed by atoms with Crippen LogP contribution in [0, 0.1) is 0 Å². The Morgan fingerprint density at radius 1 is 1.27 bits per heavy atom. The second-order valence-corrected chi connectivity index (χ2v) is 9.87. The van der Waals surface area contributed by atoms with Gasteiger partial charge in [-0.25, -0.2) is 18.8 Å². The first-order chi connectivity index (χ1) is 14.5. The zero-order chi connectivity index (χ0) is 20.9. The number of likely N-dealkylation sites (N-methyl/N-ethyl adjacent to an activating group) is 1. The van der Waals surface area contributed by atoms with Gasteiger partial charge in [0.05, 0.1) is 18.8 Å². The predicted octanol–water partition coefficient (Wildman–Crippen LogP) is 1.77. The molecule has 0 saturated heterocycles. The first-order valence-corrected chi connectivity index (χ1v) is 11.9. The molecule has 0 bridgehead atoms. The number of benzene rings is 1. The van der Waals surface area contributed by atoms with Crippen molar-refractivity contribution in [2.75, 3.05) is 19.0 Å². The number of amides is 2. The number of nitrogens with one attached hydrogen (secondary N) is 2. The third-order valence-corrected chi connectivity index (χ3v) is 7.59. The summed E-state index contributed by atoms with van der Waals surface area (Å²) in [5.41, 5.74) is 6.11. The number of carbonyl (C=O) groups is 1. The van der Waals surface area contributed by atoms with Gasteiger partial charge in [0.15, 0.2) is 9.92 Å². The smallest absolute Gasteiger partial charge is 0.354 e. The van der Waals surface area contributed by atoms with Crippen molar-refractivity contribution >= 4 is 21.6 Å². The summed E-state index contributed by atoms with van der Waals surface area (Å²) in [6.45, 7) is 0.965. The summed E-state index contributed by atoms with van der Waals surface area (Å²) in [7, 11) is -1.66. The van der Waals surface area contributed by atoms with E-state index in [1.165, 1.54) is 28.5 Å². The molecule has 160 valence electrons. The van der Waals surface area contributed by atoms with E-state index in [4.69, 9.17) is 9.88 Å². The fourth-order valence-electron chi connectivity index (χ4n) is 4.78. The van der Waals surface area contributed by atoms with E-state index in [1.54, 1.807) is 4.68 Å². The molecular weight excluding hydrogens is 404 g/mol. The molecule has 0 radical (unpaired) electrons. The van der Waals surface area contributed by atoms with E-state index < -0.39 is 15.9 Å². The summed E-state index contributed by atoms with van der Waals surface area (Å²) in [6, 6.07) is 1.45. The number of aryl methyl sites for hydroxylation is 1. The van der Waals surface area contributed by atoms with Crippen molar-refractivity contribution in [1.29, 1.82) is 0 Å². The Morgan fingerprint density at radius 2 is 2.03 bits per heavy atom. The lowest BCUT2D eigenvalue weighted by molar-refractivity contribution is 0.184. The second kappa shape index (κ2) is 7.36. The van der Waals surface area contributed by atoms with Crippen molar-refractivity contribution in [2.45, 2.75) is 56.0 Å². The average molecular weight is 431 g/mol. The summed E-state index contributed by atoms with van der Waals surface area (Å²) in [5, 5.41) is 16.1. The van der Waals surface area contributed by atoms with Gasteiger partial charge in [0.2, 0.25) is 5.88 Å². The van der Waals surface area contributed by atoms with Crippen LogP contribution in [-0.4, -0.2) is 39.7 Å².